The van der Waals surface area contributed by atoms with Crippen LogP contribution in [0.3, 0.4) is 0 Å². The molecule has 4 rings (SSSR count). The minimum atomic E-state index is -0.536. The zero-order chi connectivity index (χ0) is 22.0. The molecule has 0 radical (unpaired) electrons. The molecular formula is C21H22N6O3S. The van der Waals surface area contributed by atoms with Crippen LogP contribution >= 0.6 is 11.3 Å². The lowest BCUT2D eigenvalue weighted by atomic mass is 10.1. The zero-order valence-electron chi connectivity index (χ0n) is 16.9. The Labute approximate surface area is 183 Å². The zero-order valence-corrected chi connectivity index (χ0v) is 17.8. The fraction of sp³-hybridized carbons (Fsp3) is 0.238. The number of carbonyl (C=O) groups is 1. The number of rotatable bonds is 6. The Hall–Kier alpha value is -3.50. The predicted octanol–water partition coefficient (Wildman–Crippen LogP) is 3.36. The molecule has 1 aliphatic heterocycles. The third-order valence-corrected chi connectivity index (χ3v) is 6.15. The van der Waals surface area contributed by atoms with E-state index in [1.54, 1.807) is 0 Å². The van der Waals surface area contributed by atoms with Crippen molar-refractivity contribution in [2.75, 3.05) is 49.2 Å². The molecule has 0 amide bonds. The van der Waals surface area contributed by atoms with Gasteiger partial charge in [0, 0.05) is 55.2 Å². The SMILES string of the molecule is CN1CCN(c2ccc(Nc3nc(N)c(C(=O)c4cccc([N+](=O)[O-])c4)s3)cc2)CC1. The lowest BCUT2D eigenvalue weighted by molar-refractivity contribution is -0.384. The normalized spacial score (nSPS) is 14.4. The summed E-state index contributed by atoms with van der Waals surface area (Å²) in [6.45, 7) is 4.07. The van der Waals surface area contributed by atoms with Gasteiger partial charge in [-0.1, -0.05) is 23.5 Å². The first-order valence-corrected chi connectivity index (χ1v) is 10.6. The van der Waals surface area contributed by atoms with Gasteiger partial charge in [0.25, 0.3) is 5.69 Å². The fourth-order valence-corrected chi connectivity index (χ4v) is 4.25. The molecule has 1 fully saturated rings. The number of piperazine rings is 1. The number of ketones is 1. The highest BCUT2D eigenvalue weighted by Gasteiger charge is 2.20. The molecule has 0 spiro atoms. The molecule has 3 N–H and O–H groups in total. The molecule has 0 bridgehead atoms. The highest BCUT2D eigenvalue weighted by Crippen LogP contribution is 2.31. The molecule has 0 atom stereocenters. The Balaban J connectivity index is 1.47. The van der Waals surface area contributed by atoms with Crippen LogP contribution in [0.15, 0.2) is 48.5 Å². The van der Waals surface area contributed by atoms with Gasteiger partial charge in [-0.3, -0.25) is 14.9 Å². The number of anilines is 4. The number of nitrogens with zero attached hydrogens (tertiary/aromatic N) is 4. The summed E-state index contributed by atoms with van der Waals surface area (Å²) in [5, 5.41) is 14.6. The van der Waals surface area contributed by atoms with E-state index in [-0.39, 0.29) is 21.9 Å². The van der Waals surface area contributed by atoms with Gasteiger partial charge in [0.15, 0.2) is 5.13 Å². The van der Waals surface area contributed by atoms with Crippen molar-refractivity contribution in [2.24, 2.45) is 0 Å². The van der Waals surface area contributed by atoms with Crippen LogP contribution in [0.5, 0.6) is 0 Å². The van der Waals surface area contributed by atoms with Crippen molar-refractivity contribution in [2.45, 2.75) is 0 Å². The first kappa shape index (κ1) is 20.8. The fourth-order valence-electron chi connectivity index (χ4n) is 3.38. The van der Waals surface area contributed by atoms with Gasteiger partial charge in [-0.25, -0.2) is 4.98 Å². The second kappa shape index (κ2) is 8.70. The first-order valence-electron chi connectivity index (χ1n) is 9.77. The van der Waals surface area contributed by atoms with Gasteiger partial charge in [0.05, 0.1) is 4.92 Å². The van der Waals surface area contributed by atoms with Crippen LogP contribution in [0, 0.1) is 10.1 Å². The molecule has 9 nitrogen and oxygen atoms in total. The Morgan fingerprint density at radius 2 is 1.87 bits per heavy atom. The number of nitro benzene ring substituents is 1. The standard InChI is InChI=1S/C21H22N6O3S/c1-25-9-11-26(12-10-25)16-7-5-15(6-8-16)23-21-24-20(22)19(31-21)18(28)14-3-2-4-17(13-14)27(29)30/h2-8,13H,9-12,22H2,1H3,(H,23,24). The number of nitrogens with one attached hydrogen (secondary N) is 1. The van der Waals surface area contributed by atoms with Crippen LogP contribution in [0.25, 0.3) is 0 Å². The number of carbonyl (C=O) groups excluding carboxylic acids is 1. The average molecular weight is 439 g/mol. The predicted molar refractivity (Wildman–Crippen MR) is 122 cm³/mol. The highest BCUT2D eigenvalue weighted by molar-refractivity contribution is 7.18. The maximum absolute atomic E-state index is 12.8. The maximum Gasteiger partial charge on any atom is 0.270 e. The molecule has 1 saturated heterocycles. The topological polar surface area (TPSA) is 118 Å². The minimum Gasteiger partial charge on any atom is -0.382 e. The van der Waals surface area contributed by atoms with Gasteiger partial charge >= 0.3 is 0 Å². The van der Waals surface area contributed by atoms with E-state index in [9.17, 15) is 14.9 Å². The lowest BCUT2D eigenvalue weighted by Crippen LogP contribution is -2.44. The second-order valence-corrected chi connectivity index (χ2v) is 8.33. The Kier molecular flexibility index (Phi) is 5.83. The third kappa shape index (κ3) is 4.65. The van der Waals surface area contributed by atoms with Crippen LogP contribution in [-0.2, 0) is 0 Å². The third-order valence-electron chi connectivity index (χ3n) is 5.17. The summed E-state index contributed by atoms with van der Waals surface area (Å²) in [4.78, 5) is 32.4. The summed E-state index contributed by atoms with van der Waals surface area (Å²) in [7, 11) is 2.13. The number of hydrogen-bond acceptors (Lipinski definition) is 9. The van der Waals surface area contributed by atoms with Gasteiger partial charge in [-0.05, 0) is 31.3 Å². The van der Waals surface area contributed by atoms with Crippen LogP contribution in [0.4, 0.5) is 28.0 Å². The van der Waals surface area contributed by atoms with E-state index in [1.807, 2.05) is 12.1 Å². The number of hydrogen-bond donors (Lipinski definition) is 2. The molecular weight excluding hydrogens is 416 g/mol. The van der Waals surface area contributed by atoms with E-state index in [2.05, 4.69) is 39.3 Å². The number of likely N-dealkylation sites (N-methyl/N-ethyl adjacent to an activating group) is 1. The molecule has 2 aromatic carbocycles. The van der Waals surface area contributed by atoms with Gasteiger partial charge in [-0.2, -0.15) is 0 Å². The monoisotopic (exact) mass is 438 g/mol. The molecule has 0 saturated carbocycles. The van der Waals surface area contributed by atoms with Crippen molar-refractivity contribution in [3.8, 4) is 0 Å². The van der Waals surface area contributed by atoms with Crippen LogP contribution in [0.2, 0.25) is 0 Å². The molecule has 0 unspecified atom stereocenters. The van der Waals surface area contributed by atoms with Gasteiger partial charge in [0.2, 0.25) is 5.78 Å². The molecule has 3 aromatic rings. The number of benzene rings is 2. The summed E-state index contributed by atoms with van der Waals surface area (Å²) in [6, 6.07) is 13.6. The molecule has 31 heavy (non-hydrogen) atoms. The summed E-state index contributed by atoms with van der Waals surface area (Å²) >= 11 is 1.12. The van der Waals surface area contributed by atoms with E-state index in [0.717, 1.165) is 43.2 Å². The number of nitro groups is 1. The number of thiazole rings is 1. The number of nitrogen functional groups attached to an aromatic ring is 1. The van der Waals surface area contributed by atoms with E-state index >= 15 is 0 Å². The van der Waals surface area contributed by atoms with E-state index in [1.165, 1.54) is 30.0 Å². The second-order valence-electron chi connectivity index (χ2n) is 7.33. The number of non-ortho nitro benzene ring substituents is 1. The van der Waals surface area contributed by atoms with Crippen LogP contribution in [-0.4, -0.2) is 53.8 Å². The Morgan fingerprint density at radius 1 is 1.16 bits per heavy atom. The van der Waals surface area contributed by atoms with Crippen molar-refractivity contribution in [1.29, 1.82) is 0 Å². The lowest BCUT2D eigenvalue weighted by Gasteiger charge is -2.34. The molecule has 10 heteroatoms. The Bertz CT molecular complexity index is 1110. The number of aromatic nitrogens is 1. The minimum absolute atomic E-state index is 0.0954. The summed E-state index contributed by atoms with van der Waals surface area (Å²) in [6.07, 6.45) is 0. The van der Waals surface area contributed by atoms with E-state index in [0.29, 0.717) is 5.13 Å². The average Bonchev–Trinajstić information content (AvgIpc) is 3.14. The van der Waals surface area contributed by atoms with E-state index in [4.69, 9.17) is 5.73 Å². The summed E-state index contributed by atoms with van der Waals surface area (Å²) < 4.78 is 0. The smallest absolute Gasteiger partial charge is 0.270 e. The largest absolute Gasteiger partial charge is 0.382 e. The van der Waals surface area contributed by atoms with Gasteiger partial charge < -0.3 is 20.9 Å². The summed E-state index contributed by atoms with van der Waals surface area (Å²) in [5.74, 6) is -0.296. The van der Waals surface area contributed by atoms with Crippen molar-refractivity contribution in [3.63, 3.8) is 0 Å². The van der Waals surface area contributed by atoms with Crippen molar-refractivity contribution in [1.82, 2.24) is 9.88 Å². The first-order chi connectivity index (χ1) is 14.9. The molecule has 1 aliphatic rings. The Morgan fingerprint density at radius 3 is 2.55 bits per heavy atom. The number of nitrogens with two attached hydrogens (primary N) is 1. The quantitative estimate of drug-likeness (QED) is 0.342. The van der Waals surface area contributed by atoms with Crippen LogP contribution in [0.1, 0.15) is 15.2 Å². The molecule has 0 aliphatic carbocycles. The van der Waals surface area contributed by atoms with Crippen LogP contribution < -0.4 is 16.0 Å². The molecule has 1 aromatic heterocycles. The molecule has 160 valence electrons. The van der Waals surface area contributed by atoms with Crippen molar-refractivity contribution >= 4 is 45.1 Å². The van der Waals surface area contributed by atoms with Crippen molar-refractivity contribution < 1.29 is 9.72 Å². The van der Waals surface area contributed by atoms with Crippen molar-refractivity contribution in [3.05, 3.63) is 69.1 Å². The maximum atomic E-state index is 12.8. The molecule has 2 heterocycles. The van der Waals surface area contributed by atoms with Gasteiger partial charge in [-0.15, -0.1) is 0 Å². The van der Waals surface area contributed by atoms with Gasteiger partial charge in [0.1, 0.15) is 10.7 Å². The van der Waals surface area contributed by atoms with E-state index < -0.39 is 10.7 Å². The summed E-state index contributed by atoms with van der Waals surface area (Å²) in [5.41, 5.74) is 8.01. The highest BCUT2D eigenvalue weighted by atomic mass is 32.1.